The molecule has 1 N–H and O–H groups in total. The van der Waals surface area contributed by atoms with Crippen LogP contribution in [0.1, 0.15) is 11.3 Å². The fraction of sp³-hybridized carbons (Fsp3) is 0.308. The zero-order valence-corrected chi connectivity index (χ0v) is 11.4. The molecule has 0 unspecified atom stereocenters. The lowest BCUT2D eigenvalue weighted by Gasteiger charge is -2.21. The predicted molar refractivity (Wildman–Crippen MR) is 74.7 cm³/mol. The summed E-state index contributed by atoms with van der Waals surface area (Å²) in [5.74, 6) is 0. The van der Waals surface area contributed by atoms with Gasteiger partial charge in [-0.05, 0) is 12.1 Å². The molecular weight excluding hydrogens is 271 g/mol. The van der Waals surface area contributed by atoms with Gasteiger partial charge in [0.2, 0.25) is 0 Å². The summed E-state index contributed by atoms with van der Waals surface area (Å²) in [5.41, 5.74) is 3.99. The highest BCUT2D eigenvalue weighted by molar-refractivity contribution is 6.39. The van der Waals surface area contributed by atoms with Crippen LogP contribution in [0.15, 0.2) is 12.1 Å². The molecule has 1 aromatic heterocycles. The average molecular weight is 283 g/mol. The van der Waals surface area contributed by atoms with Crippen molar-refractivity contribution < 1.29 is 4.74 Å². The van der Waals surface area contributed by atoms with E-state index in [2.05, 4.69) is 10.3 Å². The quantitative estimate of drug-likeness (QED) is 0.867. The second kappa shape index (κ2) is 4.57. The van der Waals surface area contributed by atoms with E-state index < -0.39 is 0 Å². The van der Waals surface area contributed by atoms with E-state index in [4.69, 9.17) is 27.9 Å². The highest BCUT2D eigenvalue weighted by Crippen LogP contribution is 2.37. The monoisotopic (exact) mass is 282 g/mol. The van der Waals surface area contributed by atoms with Crippen LogP contribution in [0.2, 0.25) is 10.0 Å². The van der Waals surface area contributed by atoms with Crippen LogP contribution in [0.3, 0.4) is 0 Å². The lowest BCUT2D eigenvalue weighted by Crippen LogP contribution is -2.14. The molecule has 2 heterocycles. The maximum Gasteiger partial charge on any atom is 0.0756 e. The zero-order valence-electron chi connectivity index (χ0n) is 9.89. The number of nitrogens with zero attached hydrogens (tertiary/aromatic N) is 1. The summed E-state index contributed by atoms with van der Waals surface area (Å²) in [7, 11) is 1.88. The third-order valence-electron chi connectivity index (χ3n) is 3.17. The number of hydrogen-bond donors (Lipinski definition) is 1. The lowest BCUT2D eigenvalue weighted by atomic mass is 10.0. The molecule has 0 amide bonds. The molecule has 0 atom stereocenters. The molecule has 1 aliphatic rings. The summed E-state index contributed by atoms with van der Waals surface area (Å²) < 4.78 is 5.50. The first-order valence-corrected chi connectivity index (χ1v) is 6.52. The van der Waals surface area contributed by atoms with E-state index in [9.17, 15) is 0 Å². The Hall–Kier alpha value is -1.03. The Bertz CT molecular complexity index is 628. The molecular formula is C13H12Cl2N2O. The van der Waals surface area contributed by atoms with Crippen molar-refractivity contribution in [2.24, 2.45) is 0 Å². The van der Waals surface area contributed by atoms with Crippen LogP contribution < -0.4 is 5.32 Å². The normalized spacial score (nSPS) is 14.6. The van der Waals surface area contributed by atoms with Gasteiger partial charge < -0.3 is 10.1 Å². The number of benzene rings is 1. The van der Waals surface area contributed by atoms with Gasteiger partial charge in [0.25, 0.3) is 0 Å². The van der Waals surface area contributed by atoms with Crippen LogP contribution >= 0.6 is 23.2 Å². The van der Waals surface area contributed by atoms with Gasteiger partial charge in [-0.25, -0.2) is 0 Å². The molecule has 0 radical (unpaired) electrons. The van der Waals surface area contributed by atoms with E-state index in [1.165, 1.54) is 0 Å². The molecule has 3 nitrogen and oxygen atoms in total. The summed E-state index contributed by atoms with van der Waals surface area (Å²) >= 11 is 12.3. The first-order valence-electron chi connectivity index (χ1n) is 5.76. The summed E-state index contributed by atoms with van der Waals surface area (Å²) in [6.45, 7) is 1.29. The molecule has 1 aliphatic heterocycles. The summed E-state index contributed by atoms with van der Waals surface area (Å²) in [5, 5.41) is 5.34. The van der Waals surface area contributed by atoms with Gasteiger partial charge >= 0.3 is 0 Å². The average Bonchev–Trinajstić information content (AvgIpc) is 2.35. The van der Waals surface area contributed by atoms with Crippen molar-refractivity contribution in [2.75, 3.05) is 19.0 Å². The van der Waals surface area contributed by atoms with Crippen LogP contribution in [0.25, 0.3) is 10.9 Å². The molecule has 18 heavy (non-hydrogen) atoms. The summed E-state index contributed by atoms with van der Waals surface area (Å²) in [6.07, 6.45) is 0.823. The van der Waals surface area contributed by atoms with E-state index in [1.54, 1.807) is 6.07 Å². The second-order valence-electron chi connectivity index (χ2n) is 4.25. The number of halogens is 2. The Morgan fingerprint density at radius 2 is 2.17 bits per heavy atom. The molecule has 94 valence electrons. The number of pyridine rings is 1. The van der Waals surface area contributed by atoms with E-state index in [0.717, 1.165) is 34.3 Å². The van der Waals surface area contributed by atoms with Crippen LogP contribution in [0.5, 0.6) is 0 Å². The number of anilines is 1. The number of aromatic nitrogens is 1. The van der Waals surface area contributed by atoms with Crippen molar-refractivity contribution >= 4 is 39.8 Å². The number of fused-ring (bicyclic) bond motifs is 2. The SMILES string of the molecule is CNc1c2c(nc3cc(Cl)cc(Cl)c13)CCOC2. The maximum absolute atomic E-state index is 6.28. The highest BCUT2D eigenvalue weighted by Gasteiger charge is 2.19. The molecule has 0 spiro atoms. The van der Waals surface area contributed by atoms with Gasteiger partial charge in [0.15, 0.2) is 0 Å². The van der Waals surface area contributed by atoms with Crippen LogP contribution in [0.4, 0.5) is 5.69 Å². The van der Waals surface area contributed by atoms with Crippen molar-refractivity contribution in [2.45, 2.75) is 13.0 Å². The number of hydrogen-bond acceptors (Lipinski definition) is 3. The topological polar surface area (TPSA) is 34.2 Å². The van der Waals surface area contributed by atoms with Gasteiger partial charge in [0, 0.05) is 29.4 Å². The van der Waals surface area contributed by atoms with Gasteiger partial charge in [0.05, 0.1) is 35.1 Å². The molecule has 1 aromatic carbocycles. The van der Waals surface area contributed by atoms with Crippen LogP contribution in [-0.2, 0) is 17.8 Å². The first kappa shape index (κ1) is 12.0. The zero-order chi connectivity index (χ0) is 12.7. The largest absolute Gasteiger partial charge is 0.387 e. The standard InChI is InChI=1S/C13H12Cl2N2O/c1-16-13-8-6-18-3-2-10(8)17-11-5-7(14)4-9(15)12(11)13/h4-5H,2-3,6H2,1H3,(H,16,17). The minimum Gasteiger partial charge on any atom is -0.387 e. The Morgan fingerprint density at radius 3 is 2.94 bits per heavy atom. The molecule has 0 saturated heterocycles. The Kier molecular flexibility index (Phi) is 3.06. The molecule has 0 bridgehead atoms. The third-order valence-corrected chi connectivity index (χ3v) is 3.69. The van der Waals surface area contributed by atoms with Crippen LogP contribution in [-0.4, -0.2) is 18.6 Å². The molecule has 5 heteroatoms. The smallest absolute Gasteiger partial charge is 0.0756 e. The summed E-state index contributed by atoms with van der Waals surface area (Å²) in [4.78, 5) is 4.66. The fourth-order valence-corrected chi connectivity index (χ4v) is 2.96. The Labute approximate surface area is 115 Å². The molecule has 3 rings (SSSR count). The highest BCUT2D eigenvalue weighted by atomic mass is 35.5. The van der Waals surface area contributed by atoms with E-state index >= 15 is 0 Å². The number of ether oxygens (including phenoxy) is 1. The number of nitrogens with one attached hydrogen (secondary N) is 1. The van der Waals surface area contributed by atoms with Gasteiger partial charge in [-0.2, -0.15) is 0 Å². The second-order valence-corrected chi connectivity index (χ2v) is 5.09. The molecule has 2 aromatic rings. The lowest BCUT2D eigenvalue weighted by molar-refractivity contribution is 0.110. The minimum atomic E-state index is 0.577. The van der Waals surface area contributed by atoms with Crippen molar-refractivity contribution in [1.29, 1.82) is 0 Å². The van der Waals surface area contributed by atoms with Crippen molar-refractivity contribution in [3.63, 3.8) is 0 Å². The number of rotatable bonds is 1. The van der Waals surface area contributed by atoms with Gasteiger partial charge in [-0.15, -0.1) is 0 Å². The Balaban J connectivity index is 2.40. The summed E-state index contributed by atoms with van der Waals surface area (Å²) in [6, 6.07) is 3.59. The molecule has 0 saturated carbocycles. The van der Waals surface area contributed by atoms with E-state index in [0.29, 0.717) is 23.3 Å². The van der Waals surface area contributed by atoms with E-state index in [1.807, 2.05) is 13.1 Å². The van der Waals surface area contributed by atoms with Crippen LogP contribution in [0, 0.1) is 0 Å². The van der Waals surface area contributed by atoms with E-state index in [-0.39, 0.29) is 0 Å². The first-order chi connectivity index (χ1) is 8.70. The maximum atomic E-state index is 6.28. The van der Waals surface area contributed by atoms with Gasteiger partial charge in [-0.1, -0.05) is 23.2 Å². The Morgan fingerprint density at radius 1 is 1.33 bits per heavy atom. The van der Waals surface area contributed by atoms with Gasteiger partial charge in [-0.3, -0.25) is 4.98 Å². The van der Waals surface area contributed by atoms with Crippen molar-refractivity contribution in [3.05, 3.63) is 33.4 Å². The fourth-order valence-electron chi connectivity index (χ4n) is 2.38. The van der Waals surface area contributed by atoms with Crippen molar-refractivity contribution in [1.82, 2.24) is 4.98 Å². The third kappa shape index (κ3) is 1.83. The molecule has 0 fully saturated rings. The van der Waals surface area contributed by atoms with Crippen molar-refractivity contribution in [3.8, 4) is 0 Å². The predicted octanol–water partition coefficient (Wildman–Crippen LogP) is 3.66. The van der Waals surface area contributed by atoms with Gasteiger partial charge in [0.1, 0.15) is 0 Å². The minimum absolute atomic E-state index is 0.577. The molecule has 0 aliphatic carbocycles.